The Hall–Kier alpha value is -2.40. The maximum Gasteiger partial charge on any atom is 0.128 e. The highest BCUT2D eigenvalue weighted by atomic mass is 19.1. The summed E-state index contributed by atoms with van der Waals surface area (Å²) in [6, 6.07) is 11.7. The van der Waals surface area contributed by atoms with Crippen LogP contribution in [0.1, 0.15) is 16.7 Å². The third-order valence-electron chi connectivity index (χ3n) is 3.06. The molecule has 0 spiro atoms. The highest BCUT2D eigenvalue weighted by molar-refractivity contribution is 5.95. The Labute approximate surface area is 122 Å². The van der Waals surface area contributed by atoms with Crippen molar-refractivity contribution in [2.24, 2.45) is 5.73 Å². The van der Waals surface area contributed by atoms with Crippen molar-refractivity contribution in [1.82, 2.24) is 0 Å². The van der Waals surface area contributed by atoms with E-state index in [9.17, 15) is 4.39 Å². The molecule has 0 radical (unpaired) electrons. The fraction of sp³-hybridized carbons (Fsp3) is 0.188. The number of methoxy groups -OCH3 is 1. The summed E-state index contributed by atoms with van der Waals surface area (Å²) in [5, 5.41) is 7.45. The zero-order valence-corrected chi connectivity index (χ0v) is 11.7. The van der Waals surface area contributed by atoms with E-state index in [2.05, 4.69) is 0 Å². The van der Waals surface area contributed by atoms with Gasteiger partial charge in [-0.25, -0.2) is 4.39 Å². The average Bonchev–Trinajstić information content (AvgIpc) is 2.49. The van der Waals surface area contributed by atoms with Crippen LogP contribution in [0.25, 0.3) is 0 Å². The molecule has 0 aliphatic heterocycles. The summed E-state index contributed by atoms with van der Waals surface area (Å²) in [5.74, 6) is 0.337. The van der Waals surface area contributed by atoms with Gasteiger partial charge in [-0.05, 0) is 24.3 Å². The van der Waals surface area contributed by atoms with Crippen LogP contribution >= 0.6 is 0 Å². The van der Waals surface area contributed by atoms with Gasteiger partial charge in [0, 0.05) is 16.7 Å². The average molecular weight is 288 g/mol. The molecule has 5 heteroatoms. The fourth-order valence-corrected chi connectivity index (χ4v) is 1.95. The Morgan fingerprint density at radius 2 is 1.86 bits per heavy atom. The predicted molar refractivity (Wildman–Crippen MR) is 78.9 cm³/mol. The monoisotopic (exact) mass is 288 g/mol. The van der Waals surface area contributed by atoms with Gasteiger partial charge in [0.1, 0.15) is 17.4 Å². The minimum Gasteiger partial charge on any atom is -0.496 e. The van der Waals surface area contributed by atoms with Crippen LogP contribution in [0, 0.1) is 11.2 Å². The summed E-state index contributed by atoms with van der Waals surface area (Å²) in [5.41, 5.74) is 7.33. The molecule has 0 fully saturated rings. The topological polar surface area (TPSA) is 68.3 Å². The van der Waals surface area contributed by atoms with Gasteiger partial charge in [-0.3, -0.25) is 5.41 Å². The first kappa shape index (κ1) is 15.0. The predicted octanol–water partition coefficient (Wildman–Crippen LogP) is 2.84. The molecule has 4 nitrogen and oxygen atoms in total. The molecule has 0 atom stereocenters. The number of nitrogen functional groups attached to an aromatic ring is 1. The zero-order chi connectivity index (χ0) is 15.2. The lowest BCUT2D eigenvalue weighted by Crippen LogP contribution is -2.11. The molecule has 2 rings (SSSR count). The molecule has 21 heavy (non-hydrogen) atoms. The van der Waals surface area contributed by atoms with E-state index >= 15 is 0 Å². The van der Waals surface area contributed by atoms with Crippen molar-refractivity contribution in [2.75, 3.05) is 7.11 Å². The number of hydrogen-bond donors (Lipinski definition) is 2. The van der Waals surface area contributed by atoms with E-state index in [-0.39, 0.29) is 24.9 Å². The van der Waals surface area contributed by atoms with Gasteiger partial charge in [0.05, 0.1) is 20.3 Å². The van der Waals surface area contributed by atoms with Gasteiger partial charge >= 0.3 is 0 Å². The second-order valence-corrected chi connectivity index (χ2v) is 4.52. The number of amidine groups is 1. The number of halogens is 1. The van der Waals surface area contributed by atoms with Crippen molar-refractivity contribution in [2.45, 2.75) is 13.2 Å². The van der Waals surface area contributed by atoms with Crippen molar-refractivity contribution in [3.8, 4) is 5.75 Å². The molecule has 0 heterocycles. The lowest BCUT2D eigenvalue weighted by molar-refractivity contribution is 0.103. The van der Waals surface area contributed by atoms with Crippen molar-refractivity contribution < 1.29 is 13.9 Å². The second kappa shape index (κ2) is 6.85. The summed E-state index contributed by atoms with van der Waals surface area (Å²) in [6.45, 7) is 0.415. The number of ether oxygens (including phenoxy) is 2. The van der Waals surface area contributed by atoms with Crippen LogP contribution in [-0.2, 0) is 18.0 Å². The molecule has 0 aliphatic rings. The van der Waals surface area contributed by atoms with Crippen LogP contribution in [0.5, 0.6) is 5.75 Å². The van der Waals surface area contributed by atoms with Crippen LogP contribution in [0.3, 0.4) is 0 Å². The number of nitrogens with two attached hydrogens (primary N) is 1. The molecule has 0 saturated heterocycles. The Bertz CT molecular complexity index is 644. The molecule has 0 aromatic heterocycles. The third kappa shape index (κ3) is 3.79. The van der Waals surface area contributed by atoms with Gasteiger partial charge < -0.3 is 15.2 Å². The van der Waals surface area contributed by atoms with Crippen molar-refractivity contribution >= 4 is 5.84 Å². The van der Waals surface area contributed by atoms with Gasteiger partial charge in [-0.1, -0.05) is 18.2 Å². The Morgan fingerprint density at radius 3 is 2.52 bits per heavy atom. The molecule has 110 valence electrons. The number of benzene rings is 2. The van der Waals surface area contributed by atoms with E-state index < -0.39 is 0 Å². The van der Waals surface area contributed by atoms with Crippen LogP contribution in [0.2, 0.25) is 0 Å². The first-order valence-electron chi connectivity index (χ1n) is 6.44. The normalized spacial score (nSPS) is 10.4. The first-order chi connectivity index (χ1) is 10.1. The molecule has 3 N–H and O–H groups in total. The van der Waals surface area contributed by atoms with Crippen molar-refractivity contribution in [3.05, 3.63) is 65.0 Å². The molecule has 0 bridgehead atoms. The van der Waals surface area contributed by atoms with Crippen molar-refractivity contribution in [1.29, 1.82) is 5.41 Å². The molecule has 0 unspecified atom stereocenters. The molecule has 0 saturated carbocycles. The van der Waals surface area contributed by atoms with Crippen LogP contribution in [0.15, 0.2) is 42.5 Å². The Balaban J connectivity index is 2.07. The van der Waals surface area contributed by atoms with E-state index in [4.69, 9.17) is 20.6 Å². The van der Waals surface area contributed by atoms with Gasteiger partial charge in [-0.2, -0.15) is 0 Å². The molecule has 0 amide bonds. The lowest BCUT2D eigenvalue weighted by Gasteiger charge is -2.11. The second-order valence-electron chi connectivity index (χ2n) is 4.52. The zero-order valence-electron chi connectivity index (χ0n) is 11.7. The Morgan fingerprint density at radius 1 is 1.14 bits per heavy atom. The van der Waals surface area contributed by atoms with Crippen LogP contribution in [0.4, 0.5) is 4.39 Å². The van der Waals surface area contributed by atoms with Crippen molar-refractivity contribution in [3.63, 3.8) is 0 Å². The van der Waals surface area contributed by atoms with E-state index in [0.29, 0.717) is 16.9 Å². The molecular formula is C16H17FN2O2. The summed E-state index contributed by atoms with van der Waals surface area (Å²) in [6.07, 6.45) is 0. The number of hydrogen-bond acceptors (Lipinski definition) is 3. The molecule has 2 aromatic carbocycles. The third-order valence-corrected chi connectivity index (χ3v) is 3.06. The van der Waals surface area contributed by atoms with Crippen LogP contribution < -0.4 is 10.5 Å². The van der Waals surface area contributed by atoms with E-state index in [1.165, 1.54) is 6.07 Å². The fourth-order valence-electron chi connectivity index (χ4n) is 1.95. The lowest BCUT2D eigenvalue weighted by atomic mass is 10.1. The van der Waals surface area contributed by atoms with Gasteiger partial charge in [-0.15, -0.1) is 0 Å². The SMILES string of the molecule is COc1ccc(C(=N)N)cc1COCc1ccccc1F. The molecular weight excluding hydrogens is 271 g/mol. The van der Waals surface area contributed by atoms with E-state index in [1.54, 1.807) is 43.5 Å². The summed E-state index contributed by atoms with van der Waals surface area (Å²) in [7, 11) is 1.56. The molecule has 2 aromatic rings. The summed E-state index contributed by atoms with van der Waals surface area (Å²) in [4.78, 5) is 0. The van der Waals surface area contributed by atoms with Gasteiger partial charge in [0.25, 0.3) is 0 Å². The quantitative estimate of drug-likeness (QED) is 0.634. The summed E-state index contributed by atoms with van der Waals surface area (Å²) < 4.78 is 24.3. The highest BCUT2D eigenvalue weighted by Crippen LogP contribution is 2.21. The molecule has 0 aliphatic carbocycles. The van der Waals surface area contributed by atoms with Gasteiger partial charge in [0.15, 0.2) is 0 Å². The largest absolute Gasteiger partial charge is 0.496 e. The standard InChI is InChI=1S/C16H17FN2O2/c1-20-15-7-6-11(16(18)19)8-13(15)10-21-9-12-4-2-3-5-14(12)17/h2-8H,9-10H2,1H3,(H3,18,19). The minimum atomic E-state index is -0.290. The smallest absolute Gasteiger partial charge is 0.128 e. The Kier molecular flexibility index (Phi) is 4.90. The maximum atomic E-state index is 13.5. The van der Waals surface area contributed by atoms with E-state index in [0.717, 1.165) is 5.56 Å². The number of rotatable bonds is 6. The van der Waals surface area contributed by atoms with Crippen LogP contribution in [-0.4, -0.2) is 12.9 Å². The summed E-state index contributed by atoms with van der Waals surface area (Å²) >= 11 is 0. The minimum absolute atomic E-state index is 0.0204. The maximum absolute atomic E-state index is 13.5. The first-order valence-corrected chi connectivity index (χ1v) is 6.44. The van der Waals surface area contributed by atoms with E-state index in [1.807, 2.05) is 0 Å². The highest BCUT2D eigenvalue weighted by Gasteiger charge is 2.07. The van der Waals surface area contributed by atoms with Gasteiger partial charge in [0.2, 0.25) is 0 Å². The number of nitrogens with one attached hydrogen (secondary N) is 1.